The zero-order valence-corrected chi connectivity index (χ0v) is 33.3. The molecule has 0 bridgehead atoms. The van der Waals surface area contributed by atoms with Crippen LogP contribution in [0.4, 0.5) is 0 Å². The van der Waals surface area contributed by atoms with Gasteiger partial charge in [-0.25, -0.2) is 0 Å². The van der Waals surface area contributed by atoms with Crippen molar-refractivity contribution in [3.63, 3.8) is 0 Å². The molecule has 0 amide bonds. The Morgan fingerprint density at radius 3 is 0.920 bits per heavy atom. The molecule has 0 saturated carbocycles. The maximum Gasteiger partial charge on any atom is 0.128 e. The van der Waals surface area contributed by atoms with E-state index in [1.165, 1.54) is 74.4 Å². The van der Waals surface area contributed by atoms with Gasteiger partial charge in [0.2, 0.25) is 0 Å². The van der Waals surface area contributed by atoms with Gasteiger partial charge in [-0.3, -0.25) is 0 Å². The van der Waals surface area contributed by atoms with Gasteiger partial charge in [0.1, 0.15) is 37.7 Å². The zero-order chi connectivity index (χ0) is 36.7. The molecular formula is C44H70N4O2+4. The average molecular weight is 687 g/mol. The minimum Gasteiger partial charge on any atom is -0.494 e. The second kappa shape index (κ2) is 19.3. The lowest BCUT2D eigenvalue weighted by molar-refractivity contribution is -0.937. The van der Waals surface area contributed by atoms with E-state index in [9.17, 15) is 0 Å². The topological polar surface area (TPSA) is 18.5 Å². The third-order valence-corrected chi connectivity index (χ3v) is 9.24. The number of unbranched alkanes of at least 4 members (excludes halogenated alkanes) is 2. The van der Waals surface area contributed by atoms with Crippen LogP contribution in [0.1, 0.15) is 47.9 Å². The molecule has 0 aliphatic heterocycles. The van der Waals surface area contributed by atoms with Crippen LogP contribution >= 0.6 is 0 Å². The molecule has 0 spiro atoms. The molecule has 0 unspecified atom stereocenters. The Morgan fingerprint density at radius 2 is 0.640 bits per heavy atom. The molecule has 0 atom stereocenters. The first-order valence-electron chi connectivity index (χ1n) is 18.6. The standard InChI is InChI=1S/C44H70N4O2/c1-45(2,3)33-35-47(7,8)31-11-13-37-49-43-27-23-41(24-28-43)21-19-39-15-17-40(18-16-39)20-22-42-25-29-44(30-26-42)50-38-14-12-32-48(9,10)36-34-46(4,5)6/h15-30H,11-14,31-38H2,1-10H3/q+4/b21-19+,22-20+. The maximum absolute atomic E-state index is 6.03. The highest BCUT2D eigenvalue weighted by molar-refractivity contribution is 5.73. The fraction of sp³-hybridized carbons (Fsp3) is 0.500. The van der Waals surface area contributed by atoms with Gasteiger partial charge < -0.3 is 27.4 Å². The zero-order valence-electron chi connectivity index (χ0n) is 33.3. The van der Waals surface area contributed by atoms with E-state index in [1.54, 1.807) is 0 Å². The molecule has 3 rings (SSSR count). The first kappa shape index (κ1) is 41.0. The molecule has 3 aromatic rings. The molecule has 3 aromatic carbocycles. The Balaban J connectivity index is 1.34. The van der Waals surface area contributed by atoms with Crippen LogP contribution in [-0.2, 0) is 0 Å². The highest BCUT2D eigenvalue weighted by Crippen LogP contribution is 2.18. The van der Waals surface area contributed by atoms with Crippen molar-refractivity contribution in [1.82, 2.24) is 0 Å². The van der Waals surface area contributed by atoms with Crippen molar-refractivity contribution in [3.05, 3.63) is 95.1 Å². The van der Waals surface area contributed by atoms with Crippen molar-refractivity contribution in [2.45, 2.75) is 25.7 Å². The van der Waals surface area contributed by atoms with Crippen LogP contribution in [0.2, 0.25) is 0 Å². The number of quaternary nitrogens is 4. The molecule has 0 aromatic heterocycles. The maximum atomic E-state index is 6.03. The van der Waals surface area contributed by atoms with Gasteiger partial charge in [-0.05, 0) is 72.2 Å². The van der Waals surface area contributed by atoms with Gasteiger partial charge in [-0.2, -0.15) is 0 Å². The monoisotopic (exact) mass is 687 g/mol. The normalized spacial score (nSPS) is 13.0. The molecule has 0 aliphatic carbocycles. The van der Waals surface area contributed by atoms with E-state index < -0.39 is 0 Å². The van der Waals surface area contributed by atoms with E-state index in [2.05, 4.69) is 168 Å². The van der Waals surface area contributed by atoms with E-state index in [0.29, 0.717) is 0 Å². The van der Waals surface area contributed by atoms with Crippen LogP contribution in [0, 0.1) is 0 Å². The minimum absolute atomic E-state index is 0.765. The molecule has 6 nitrogen and oxygen atoms in total. The third-order valence-electron chi connectivity index (χ3n) is 9.24. The van der Waals surface area contributed by atoms with E-state index in [-0.39, 0.29) is 0 Å². The van der Waals surface area contributed by atoms with Crippen molar-refractivity contribution < 1.29 is 27.4 Å². The SMILES string of the molecule is C[N+](C)(C)CC[N+](C)(C)CCCCOc1ccc(/C=C/c2ccc(/C=C/c3ccc(OCCCC[N+](C)(C)CC[N+](C)(C)C)cc3)cc2)cc1. The lowest BCUT2D eigenvalue weighted by Crippen LogP contribution is -2.49. The van der Waals surface area contributed by atoms with Gasteiger partial charge in [0.15, 0.2) is 0 Å². The summed E-state index contributed by atoms with van der Waals surface area (Å²) in [5, 5.41) is 0. The van der Waals surface area contributed by atoms with Crippen molar-refractivity contribution in [1.29, 1.82) is 0 Å². The highest BCUT2D eigenvalue weighted by atomic mass is 16.5. The van der Waals surface area contributed by atoms with Crippen molar-refractivity contribution in [3.8, 4) is 11.5 Å². The molecule has 274 valence electrons. The average Bonchev–Trinajstić information content (AvgIpc) is 3.05. The summed E-state index contributed by atoms with van der Waals surface area (Å²) in [4.78, 5) is 0. The highest BCUT2D eigenvalue weighted by Gasteiger charge is 2.20. The Kier molecular flexibility index (Phi) is 15.8. The minimum atomic E-state index is 0.765. The summed E-state index contributed by atoms with van der Waals surface area (Å²) < 4.78 is 16.2. The Bertz CT molecular complexity index is 1330. The van der Waals surface area contributed by atoms with E-state index in [1.807, 2.05) is 0 Å². The number of hydrogen-bond donors (Lipinski definition) is 0. The number of hydrogen-bond acceptors (Lipinski definition) is 2. The molecule has 0 radical (unpaired) electrons. The van der Waals surface area contributed by atoms with E-state index >= 15 is 0 Å². The van der Waals surface area contributed by atoms with Crippen molar-refractivity contribution in [2.24, 2.45) is 0 Å². The first-order valence-corrected chi connectivity index (χ1v) is 18.6. The van der Waals surface area contributed by atoms with E-state index in [0.717, 1.165) is 55.5 Å². The molecule has 50 heavy (non-hydrogen) atoms. The second-order valence-corrected chi connectivity index (χ2v) is 17.4. The lowest BCUT2D eigenvalue weighted by Gasteiger charge is -2.33. The fourth-order valence-electron chi connectivity index (χ4n) is 5.48. The Morgan fingerprint density at radius 1 is 0.360 bits per heavy atom. The quantitative estimate of drug-likeness (QED) is 0.0608. The lowest BCUT2D eigenvalue weighted by atomic mass is 10.1. The Hall–Kier alpha value is -3.42. The molecule has 0 aliphatic rings. The van der Waals surface area contributed by atoms with Gasteiger partial charge in [0.05, 0.1) is 96.8 Å². The van der Waals surface area contributed by atoms with E-state index in [4.69, 9.17) is 9.47 Å². The number of nitrogens with zero attached hydrogens (tertiary/aromatic N) is 4. The predicted octanol–water partition coefficient (Wildman–Crippen LogP) is 7.91. The molecule has 6 heteroatoms. The summed E-state index contributed by atoms with van der Waals surface area (Å²) in [6, 6.07) is 25.4. The van der Waals surface area contributed by atoms with Gasteiger partial charge in [0.25, 0.3) is 0 Å². The first-order chi connectivity index (χ1) is 23.5. The van der Waals surface area contributed by atoms with Crippen LogP contribution in [0.3, 0.4) is 0 Å². The summed E-state index contributed by atoms with van der Waals surface area (Å²) in [5.41, 5.74) is 4.69. The van der Waals surface area contributed by atoms with Gasteiger partial charge in [0, 0.05) is 0 Å². The van der Waals surface area contributed by atoms with Crippen LogP contribution in [0.15, 0.2) is 72.8 Å². The van der Waals surface area contributed by atoms with Gasteiger partial charge >= 0.3 is 0 Å². The van der Waals surface area contributed by atoms with Crippen LogP contribution in [-0.4, -0.2) is 141 Å². The molecule has 0 N–H and O–H groups in total. The van der Waals surface area contributed by atoms with Crippen LogP contribution < -0.4 is 9.47 Å². The number of rotatable bonds is 22. The summed E-state index contributed by atoms with van der Waals surface area (Å²) in [6.07, 6.45) is 13.1. The smallest absolute Gasteiger partial charge is 0.128 e. The number of likely N-dealkylation sites (N-methyl/N-ethyl adjacent to an activating group) is 4. The van der Waals surface area contributed by atoms with Gasteiger partial charge in [-0.1, -0.05) is 72.8 Å². The largest absolute Gasteiger partial charge is 0.494 e. The van der Waals surface area contributed by atoms with Crippen LogP contribution in [0.5, 0.6) is 11.5 Å². The van der Waals surface area contributed by atoms with Crippen LogP contribution in [0.25, 0.3) is 24.3 Å². The second-order valence-electron chi connectivity index (χ2n) is 17.4. The number of benzene rings is 3. The molecule has 0 fully saturated rings. The summed E-state index contributed by atoms with van der Waals surface area (Å²) >= 11 is 0. The van der Waals surface area contributed by atoms with Crippen molar-refractivity contribution >= 4 is 24.3 Å². The molecule has 0 saturated heterocycles. The Labute approximate surface area is 306 Å². The molecule has 0 heterocycles. The van der Waals surface area contributed by atoms with Crippen molar-refractivity contribution in [2.75, 3.05) is 123 Å². The summed E-state index contributed by atoms with van der Waals surface area (Å²) in [7, 11) is 22.9. The third kappa shape index (κ3) is 18.0. The van der Waals surface area contributed by atoms with Gasteiger partial charge in [-0.15, -0.1) is 0 Å². The summed E-state index contributed by atoms with van der Waals surface area (Å²) in [6.45, 7) is 8.68. The summed E-state index contributed by atoms with van der Waals surface area (Å²) in [5.74, 6) is 1.88. The predicted molar refractivity (Wildman–Crippen MR) is 216 cm³/mol. The number of ether oxygens (including phenoxy) is 2. The fourth-order valence-corrected chi connectivity index (χ4v) is 5.48. The molecular weight excluding hydrogens is 617 g/mol.